The first-order chi connectivity index (χ1) is 15.9. The second-order valence-electron chi connectivity index (χ2n) is 6.82. The van der Waals surface area contributed by atoms with E-state index in [0.717, 1.165) is 9.40 Å². The Balaban J connectivity index is 1.82. The number of non-ortho nitro benzene ring substituents is 1. The molecule has 4 rings (SSSR count). The van der Waals surface area contributed by atoms with E-state index in [2.05, 4.69) is 4.99 Å². The summed E-state index contributed by atoms with van der Waals surface area (Å²) in [5.74, 6) is -0.369. The predicted octanol–water partition coefficient (Wildman–Crippen LogP) is 4.53. The summed E-state index contributed by atoms with van der Waals surface area (Å²) in [5.41, 5.74) is 0.618. The Morgan fingerprint density at radius 1 is 1.09 bits per heavy atom. The van der Waals surface area contributed by atoms with Gasteiger partial charge in [0.05, 0.1) is 27.7 Å². The van der Waals surface area contributed by atoms with Crippen molar-refractivity contribution < 1.29 is 24.0 Å². The highest BCUT2D eigenvalue weighted by molar-refractivity contribution is 7.21. The van der Waals surface area contributed by atoms with Gasteiger partial charge in [-0.1, -0.05) is 17.4 Å². The third-order valence-corrected chi connectivity index (χ3v) is 6.82. The van der Waals surface area contributed by atoms with Crippen LogP contribution in [0.5, 0.6) is 5.75 Å². The third-order valence-electron chi connectivity index (χ3n) is 4.68. The number of thiazole rings is 1. The highest BCUT2D eigenvalue weighted by atomic mass is 32.1. The largest absolute Gasteiger partial charge is 0.492 e. The van der Waals surface area contributed by atoms with Crippen LogP contribution in [0.2, 0.25) is 0 Å². The Hall–Kier alpha value is -3.57. The van der Waals surface area contributed by atoms with Gasteiger partial charge in [0, 0.05) is 22.2 Å². The number of hydrogen-bond donors (Lipinski definition) is 0. The highest BCUT2D eigenvalue weighted by Gasteiger charge is 2.18. The van der Waals surface area contributed by atoms with E-state index in [1.54, 1.807) is 29.7 Å². The fraction of sp³-hybridized carbons (Fsp3) is 0.227. The van der Waals surface area contributed by atoms with Crippen molar-refractivity contribution in [3.63, 3.8) is 0 Å². The number of amides is 1. The second kappa shape index (κ2) is 9.51. The van der Waals surface area contributed by atoms with Crippen LogP contribution in [0.4, 0.5) is 5.69 Å². The summed E-state index contributed by atoms with van der Waals surface area (Å²) in [5, 5.41) is 11.6. The minimum atomic E-state index is -0.499. The number of nitrogens with zero attached hydrogens (tertiary/aromatic N) is 3. The summed E-state index contributed by atoms with van der Waals surface area (Å²) in [6, 6.07) is 11.5. The Morgan fingerprint density at radius 3 is 2.64 bits per heavy atom. The topological polar surface area (TPSA) is 113 Å². The first kappa shape index (κ1) is 22.6. The number of ether oxygens (including phenoxy) is 2. The normalized spacial score (nSPS) is 11.8. The molecule has 0 bridgehead atoms. The molecule has 0 unspecified atom stereocenters. The first-order valence-corrected chi connectivity index (χ1v) is 11.7. The van der Waals surface area contributed by atoms with Crippen molar-refractivity contribution >= 4 is 60.5 Å². The second-order valence-corrected chi connectivity index (χ2v) is 8.91. The van der Waals surface area contributed by atoms with Crippen molar-refractivity contribution in [3.05, 3.63) is 62.3 Å². The van der Waals surface area contributed by atoms with Gasteiger partial charge in [-0.3, -0.25) is 19.7 Å². The molecule has 11 heteroatoms. The van der Waals surface area contributed by atoms with E-state index in [9.17, 15) is 19.7 Å². The number of para-hydroxylation sites is 1. The Kier molecular flexibility index (Phi) is 6.52. The molecule has 9 nitrogen and oxygen atoms in total. The van der Waals surface area contributed by atoms with Gasteiger partial charge in [-0.25, -0.2) is 0 Å². The fourth-order valence-corrected chi connectivity index (χ4v) is 5.30. The predicted molar refractivity (Wildman–Crippen MR) is 126 cm³/mol. The molecule has 0 aliphatic carbocycles. The van der Waals surface area contributed by atoms with E-state index in [1.807, 2.05) is 19.1 Å². The van der Waals surface area contributed by atoms with Crippen molar-refractivity contribution in [1.82, 2.24) is 4.57 Å². The van der Waals surface area contributed by atoms with Crippen LogP contribution >= 0.6 is 22.7 Å². The minimum absolute atomic E-state index is 0.0449. The van der Waals surface area contributed by atoms with Crippen molar-refractivity contribution in [2.24, 2.45) is 4.99 Å². The number of hydrogen-bond acceptors (Lipinski definition) is 8. The number of thiophene rings is 1. The Labute approximate surface area is 195 Å². The molecule has 0 atom stereocenters. The number of esters is 1. The van der Waals surface area contributed by atoms with Crippen LogP contribution in [0.25, 0.3) is 20.3 Å². The molecule has 2 aromatic heterocycles. The maximum Gasteiger partial charge on any atom is 0.326 e. The molecule has 0 saturated heterocycles. The Morgan fingerprint density at radius 2 is 1.91 bits per heavy atom. The number of carbonyl (C=O) groups is 2. The number of carbonyl (C=O) groups excluding carboxylic acids is 2. The van der Waals surface area contributed by atoms with Gasteiger partial charge in [0.2, 0.25) is 0 Å². The van der Waals surface area contributed by atoms with Crippen LogP contribution in [-0.4, -0.2) is 34.6 Å². The molecule has 2 heterocycles. The van der Waals surface area contributed by atoms with Crippen LogP contribution < -0.4 is 9.54 Å². The maximum atomic E-state index is 13.0. The molecule has 33 heavy (non-hydrogen) atoms. The van der Waals surface area contributed by atoms with Crippen LogP contribution in [0.3, 0.4) is 0 Å². The maximum absolute atomic E-state index is 13.0. The average molecular weight is 486 g/mol. The molecule has 0 aliphatic heterocycles. The lowest BCUT2D eigenvalue weighted by molar-refractivity contribution is -0.384. The molecule has 0 N–H and O–H groups in total. The Bertz CT molecular complexity index is 1450. The molecule has 0 saturated carbocycles. The average Bonchev–Trinajstić information content (AvgIpc) is 3.36. The number of aromatic nitrogens is 1. The standard InChI is InChI=1S/C22H19N3O6S2/c1-3-30-15-6-5-7-17-20(15)24(12-19(26)31-4-2)22(33-17)23-21(27)18-11-13-10-14(25(28)29)8-9-16(13)32-18/h5-11H,3-4,12H2,1-2H3. The van der Waals surface area contributed by atoms with Crippen LogP contribution in [-0.2, 0) is 16.1 Å². The quantitative estimate of drug-likeness (QED) is 0.216. The minimum Gasteiger partial charge on any atom is -0.492 e. The van der Waals surface area contributed by atoms with E-state index in [-0.39, 0.29) is 18.8 Å². The summed E-state index contributed by atoms with van der Waals surface area (Å²) in [6.45, 7) is 4.14. The first-order valence-electron chi connectivity index (χ1n) is 10.1. The van der Waals surface area contributed by atoms with Crippen molar-refractivity contribution in [3.8, 4) is 5.75 Å². The van der Waals surface area contributed by atoms with Gasteiger partial charge in [-0.15, -0.1) is 11.3 Å². The molecular formula is C22H19N3O6S2. The lowest BCUT2D eigenvalue weighted by atomic mass is 10.2. The van der Waals surface area contributed by atoms with Crippen LogP contribution in [0.1, 0.15) is 23.5 Å². The van der Waals surface area contributed by atoms with Crippen molar-refractivity contribution in [2.45, 2.75) is 20.4 Å². The number of benzene rings is 2. The molecule has 170 valence electrons. The van der Waals surface area contributed by atoms with E-state index in [4.69, 9.17) is 9.47 Å². The summed E-state index contributed by atoms with van der Waals surface area (Å²) < 4.78 is 14.0. The molecule has 0 spiro atoms. The van der Waals surface area contributed by atoms with Gasteiger partial charge in [-0.05, 0) is 38.1 Å². The SMILES string of the molecule is CCOC(=O)Cn1c(=NC(=O)c2cc3cc([N+](=O)[O-])ccc3s2)sc2cccc(OCC)c21. The van der Waals surface area contributed by atoms with Gasteiger partial charge in [0.15, 0.2) is 4.80 Å². The molecule has 0 radical (unpaired) electrons. The van der Waals surface area contributed by atoms with E-state index in [0.29, 0.717) is 32.9 Å². The lowest BCUT2D eigenvalue weighted by Crippen LogP contribution is -2.23. The number of fused-ring (bicyclic) bond motifs is 2. The zero-order chi connectivity index (χ0) is 23.5. The highest BCUT2D eigenvalue weighted by Crippen LogP contribution is 2.30. The molecule has 0 fully saturated rings. The van der Waals surface area contributed by atoms with E-state index >= 15 is 0 Å². The van der Waals surface area contributed by atoms with E-state index in [1.165, 1.54) is 34.8 Å². The number of nitro benzene ring substituents is 1. The summed E-state index contributed by atoms with van der Waals surface area (Å²) in [7, 11) is 0. The summed E-state index contributed by atoms with van der Waals surface area (Å²) in [4.78, 5) is 40.8. The molecule has 0 aliphatic rings. The van der Waals surface area contributed by atoms with Gasteiger partial charge < -0.3 is 14.0 Å². The van der Waals surface area contributed by atoms with Crippen LogP contribution in [0, 0.1) is 10.1 Å². The zero-order valence-electron chi connectivity index (χ0n) is 17.8. The summed E-state index contributed by atoms with van der Waals surface area (Å²) in [6.07, 6.45) is 0. The van der Waals surface area contributed by atoms with Gasteiger partial charge >= 0.3 is 5.97 Å². The van der Waals surface area contributed by atoms with Crippen molar-refractivity contribution in [1.29, 1.82) is 0 Å². The third kappa shape index (κ3) is 4.64. The van der Waals surface area contributed by atoms with Gasteiger partial charge in [0.25, 0.3) is 11.6 Å². The van der Waals surface area contributed by atoms with Crippen molar-refractivity contribution in [2.75, 3.05) is 13.2 Å². The lowest BCUT2D eigenvalue weighted by Gasteiger charge is -2.09. The van der Waals surface area contributed by atoms with Crippen LogP contribution in [0.15, 0.2) is 47.5 Å². The fourth-order valence-electron chi connectivity index (χ4n) is 3.33. The van der Waals surface area contributed by atoms with Gasteiger partial charge in [0.1, 0.15) is 17.8 Å². The monoisotopic (exact) mass is 485 g/mol. The van der Waals surface area contributed by atoms with Gasteiger partial charge in [-0.2, -0.15) is 4.99 Å². The molecular weight excluding hydrogens is 466 g/mol. The van der Waals surface area contributed by atoms with E-state index < -0.39 is 16.8 Å². The molecule has 4 aromatic rings. The zero-order valence-corrected chi connectivity index (χ0v) is 19.4. The number of rotatable bonds is 7. The number of nitro groups is 1. The summed E-state index contributed by atoms with van der Waals surface area (Å²) >= 11 is 2.47. The smallest absolute Gasteiger partial charge is 0.326 e. The molecule has 1 amide bonds. The molecule has 2 aromatic carbocycles.